The Morgan fingerprint density at radius 3 is 3.00 bits per heavy atom. The van der Waals surface area contributed by atoms with E-state index in [9.17, 15) is 0 Å². The van der Waals surface area contributed by atoms with Crippen LogP contribution in [0.3, 0.4) is 0 Å². The summed E-state index contributed by atoms with van der Waals surface area (Å²) in [7, 11) is 1.86. The highest BCUT2D eigenvalue weighted by molar-refractivity contribution is 7.99. The van der Waals surface area contributed by atoms with E-state index in [1.807, 2.05) is 18.8 Å². The van der Waals surface area contributed by atoms with Crippen molar-refractivity contribution in [2.75, 3.05) is 29.2 Å². The molecule has 2 aromatic heterocycles. The molecule has 0 bridgehead atoms. The van der Waals surface area contributed by atoms with Crippen molar-refractivity contribution in [2.45, 2.75) is 19.4 Å². The molecule has 96 valence electrons. The number of hydrogen-bond donors (Lipinski definition) is 2. The fourth-order valence-corrected chi connectivity index (χ4v) is 4.14. The van der Waals surface area contributed by atoms with Gasteiger partial charge in [0, 0.05) is 23.7 Å². The van der Waals surface area contributed by atoms with E-state index in [1.165, 1.54) is 22.8 Å². The Kier molecular flexibility index (Phi) is 3.30. The summed E-state index contributed by atoms with van der Waals surface area (Å²) in [5.74, 6) is 4.08. The van der Waals surface area contributed by atoms with Crippen LogP contribution in [0.1, 0.15) is 11.3 Å². The highest BCUT2D eigenvalue weighted by Crippen LogP contribution is 2.31. The molecule has 0 spiro atoms. The molecular weight excluding hydrogens is 264 g/mol. The molecule has 0 aromatic carbocycles. The molecule has 4 nitrogen and oxygen atoms in total. The van der Waals surface area contributed by atoms with E-state index in [-0.39, 0.29) is 0 Å². The molecule has 0 saturated carbocycles. The second-order valence-electron chi connectivity index (χ2n) is 4.43. The molecule has 6 heteroatoms. The molecule has 2 aromatic rings. The van der Waals surface area contributed by atoms with Crippen molar-refractivity contribution >= 4 is 45.1 Å². The number of rotatable bonds is 3. The standard InChI is InChI=1S/C12H16N4S2/c1-7-5-9-10(14-8-3-4-17-6-8)15-12(13-2)16-11(9)18-7/h5,8H,3-4,6H2,1-2H3,(H2,13,14,15,16). The normalized spacial score (nSPS) is 19.3. The number of aromatic nitrogens is 2. The number of thiophene rings is 1. The summed E-state index contributed by atoms with van der Waals surface area (Å²) in [6, 6.07) is 2.71. The van der Waals surface area contributed by atoms with Gasteiger partial charge in [-0.3, -0.25) is 0 Å². The number of nitrogens with one attached hydrogen (secondary N) is 2. The van der Waals surface area contributed by atoms with Crippen molar-refractivity contribution < 1.29 is 0 Å². The number of aryl methyl sites for hydroxylation is 1. The van der Waals surface area contributed by atoms with E-state index in [4.69, 9.17) is 0 Å². The first-order valence-corrected chi connectivity index (χ1v) is 8.03. The lowest BCUT2D eigenvalue weighted by molar-refractivity contribution is 0.808. The Morgan fingerprint density at radius 2 is 2.28 bits per heavy atom. The summed E-state index contributed by atoms with van der Waals surface area (Å²) in [5.41, 5.74) is 0. The van der Waals surface area contributed by atoms with Crippen LogP contribution in [-0.2, 0) is 0 Å². The number of anilines is 2. The van der Waals surface area contributed by atoms with Gasteiger partial charge in [0.05, 0.1) is 5.39 Å². The quantitative estimate of drug-likeness (QED) is 0.905. The largest absolute Gasteiger partial charge is 0.366 e. The lowest BCUT2D eigenvalue weighted by Crippen LogP contribution is -2.19. The van der Waals surface area contributed by atoms with Gasteiger partial charge in [-0.2, -0.15) is 16.7 Å². The average molecular weight is 280 g/mol. The van der Waals surface area contributed by atoms with Crippen LogP contribution in [0.15, 0.2) is 6.07 Å². The van der Waals surface area contributed by atoms with Crippen LogP contribution in [0, 0.1) is 6.92 Å². The van der Waals surface area contributed by atoms with Crippen LogP contribution < -0.4 is 10.6 Å². The summed E-state index contributed by atoms with van der Waals surface area (Å²) >= 11 is 3.72. The van der Waals surface area contributed by atoms with Crippen LogP contribution in [0.4, 0.5) is 11.8 Å². The third-order valence-corrected chi connectivity index (χ3v) is 5.12. The molecule has 0 amide bonds. The van der Waals surface area contributed by atoms with Gasteiger partial charge in [0.2, 0.25) is 5.95 Å². The maximum atomic E-state index is 4.56. The van der Waals surface area contributed by atoms with Crippen molar-refractivity contribution in [3.63, 3.8) is 0 Å². The van der Waals surface area contributed by atoms with Gasteiger partial charge in [-0.15, -0.1) is 11.3 Å². The third kappa shape index (κ3) is 2.27. The first-order chi connectivity index (χ1) is 8.76. The van der Waals surface area contributed by atoms with Crippen LogP contribution >= 0.6 is 23.1 Å². The van der Waals surface area contributed by atoms with Crippen molar-refractivity contribution in [2.24, 2.45) is 0 Å². The zero-order valence-electron chi connectivity index (χ0n) is 10.5. The minimum absolute atomic E-state index is 0.540. The molecule has 0 aliphatic carbocycles. The molecule has 0 radical (unpaired) electrons. The summed E-state index contributed by atoms with van der Waals surface area (Å²) in [6.45, 7) is 2.11. The predicted octanol–water partition coefficient (Wildman–Crippen LogP) is 2.96. The molecule has 1 unspecified atom stereocenters. The predicted molar refractivity (Wildman–Crippen MR) is 81.1 cm³/mol. The van der Waals surface area contributed by atoms with E-state index < -0.39 is 0 Å². The van der Waals surface area contributed by atoms with Crippen molar-refractivity contribution in [1.29, 1.82) is 0 Å². The number of hydrogen-bond acceptors (Lipinski definition) is 6. The summed E-state index contributed by atoms with van der Waals surface area (Å²) in [4.78, 5) is 11.4. The van der Waals surface area contributed by atoms with Gasteiger partial charge >= 0.3 is 0 Å². The monoisotopic (exact) mass is 280 g/mol. The molecule has 2 N–H and O–H groups in total. The average Bonchev–Trinajstić information content (AvgIpc) is 2.97. The lowest BCUT2D eigenvalue weighted by atomic mass is 10.2. The van der Waals surface area contributed by atoms with Crippen molar-refractivity contribution in [1.82, 2.24) is 9.97 Å². The van der Waals surface area contributed by atoms with Crippen LogP contribution in [-0.4, -0.2) is 34.6 Å². The van der Waals surface area contributed by atoms with Gasteiger partial charge in [-0.05, 0) is 25.2 Å². The van der Waals surface area contributed by atoms with E-state index in [0.29, 0.717) is 12.0 Å². The fourth-order valence-electron chi connectivity index (χ4n) is 2.11. The Balaban J connectivity index is 2.01. The van der Waals surface area contributed by atoms with Crippen LogP contribution in [0.5, 0.6) is 0 Å². The maximum absolute atomic E-state index is 4.56. The van der Waals surface area contributed by atoms with Gasteiger partial charge < -0.3 is 10.6 Å². The van der Waals surface area contributed by atoms with Gasteiger partial charge in [-0.25, -0.2) is 4.98 Å². The van der Waals surface area contributed by atoms with E-state index in [1.54, 1.807) is 11.3 Å². The fraction of sp³-hybridized carbons (Fsp3) is 0.500. The topological polar surface area (TPSA) is 49.8 Å². The molecule has 3 rings (SSSR count). The van der Waals surface area contributed by atoms with Crippen molar-refractivity contribution in [3.8, 4) is 0 Å². The van der Waals surface area contributed by atoms with Crippen LogP contribution in [0.25, 0.3) is 10.2 Å². The maximum Gasteiger partial charge on any atom is 0.225 e. The third-order valence-electron chi connectivity index (χ3n) is 3.01. The van der Waals surface area contributed by atoms with Crippen LogP contribution in [0.2, 0.25) is 0 Å². The molecule has 1 fully saturated rings. The lowest BCUT2D eigenvalue weighted by Gasteiger charge is -2.13. The molecule has 3 heterocycles. The number of thioether (sulfide) groups is 1. The Morgan fingerprint density at radius 1 is 1.39 bits per heavy atom. The SMILES string of the molecule is CNc1nc(NC2CCSC2)c2cc(C)sc2n1. The number of fused-ring (bicyclic) bond motifs is 1. The zero-order valence-corrected chi connectivity index (χ0v) is 12.1. The smallest absolute Gasteiger partial charge is 0.225 e. The highest BCUT2D eigenvalue weighted by atomic mass is 32.2. The van der Waals surface area contributed by atoms with Gasteiger partial charge in [-0.1, -0.05) is 0 Å². The van der Waals surface area contributed by atoms with Crippen molar-refractivity contribution in [3.05, 3.63) is 10.9 Å². The minimum Gasteiger partial charge on any atom is -0.366 e. The molecule has 1 aliphatic rings. The molecule has 1 aliphatic heterocycles. The minimum atomic E-state index is 0.540. The second kappa shape index (κ2) is 4.93. The Labute approximate surface area is 115 Å². The van der Waals surface area contributed by atoms with Gasteiger partial charge in [0.15, 0.2) is 0 Å². The van der Waals surface area contributed by atoms with E-state index in [2.05, 4.69) is 33.6 Å². The Bertz CT molecular complexity index is 560. The van der Waals surface area contributed by atoms with Gasteiger partial charge in [0.1, 0.15) is 10.6 Å². The van der Waals surface area contributed by atoms with E-state index in [0.717, 1.165) is 16.0 Å². The zero-order chi connectivity index (χ0) is 12.5. The van der Waals surface area contributed by atoms with Gasteiger partial charge in [0.25, 0.3) is 0 Å². The summed E-state index contributed by atoms with van der Waals surface area (Å²) in [5, 5.41) is 7.75. The molecule has 1 atom stereocenters. The summed E-state index contributed by atoms with van der Waals surface area (Å²) in [6.07, 6.45) is 1.22. The molecule has 1 saturated heterocycles. The van der Waals surface area contributed by atoms with E-state index >= 15 is 0 Å². The highest BCUT2D eigenvalue weighted by Gasteiger charge is 2.18. The second-order valence-corrected chi connectivity index (χ2v) is 6.81. The first kappa shape index (κ1) is 12.0. The summed E-state index contributed by atoms with van der Waals surface area (Å²) < 4.78 is 0. The molecular formula is C12H16N4S2. The number of nitrogens with zero attached hydrogens (tertiary/aromatic N) is 2. The molecule has 18 heavy (non-hydrogen) atoms. The Hall–Kier alpha value is -1.01. The first-order valence-electron chi connectivity index (χ1n) is 6.06.